The van der Waals surface area contributed by atoms with Crippen molar-refractivity contribution in [3.8, 4) is 6.07 Å². The van der Waals surface area contributed by atoms with Gasteiger partial charge in [0.25, 0.3) is 11.8 Å². The number of fused-ring (bicyclic) bond motifs is 1. The Morgan fingerprint density at radius 3 is 2.76 bits per heavy atom. The summed E-state index contributed by atoms with van der Waals surface area (Å²) in [6, 6.07) is 13.3. The van der Waals surface area contributed by atoms with Crippen LogP contribution in [0.1, 0.15) is 68.1 Å². The number of amides is 5. The summed E-state index contributed by atoms with van der Waals surface area (Å²) in [6.45, 7) is 3.05. The zero-order valence-electron chi connectivity index (χ0n) is 24.4. The van der Waals surface area contributed by atoms with Gasteiger partial charge in [0.1, 0.15) is 18.2 Å². The van der Waals surface area contributed by atoms with Crippen LogP contribution in [0.5, 0.6) is 0 Å². The standard InChI is InChI=1S/C32H30ClN5O6S/c1-2-44-12-11-35-30(41)28(26-4-3-13-45-26)38(31(42)20-6-8-24(33)21(15-20)16-34)17-19-5-7-23-22(14-19)18-37(32(23)43)25-9-10-27(39)36-29(25)40/h3-8,13-15,25,28H,2,9-12,17-18H2,1H3,(H,35,41)(H,36,39,40). The highest BCUT2D eigenvalue weighted by Gasteiger charge is 2.39. The summed E-state index contributed by atoms with van der Waals surface area (Å²) in [4.78, 5) is 68.8. The zero-order chi connectivity index (χ0) is 32.1. The fraction of sp³-hybridized carbons (Fsp3) is 0.312. The summed E-state index contributed by atoms with van der Waals surface area (Å²) >= 11 is 7.47. The first-order valence-corrected chi connectivity index (χ1v) is 15.6. The number of hydrogen-bond donors (Lipinski definition) is 2. The molecule has 13 heteroatoms. The van der Waals surface area contributed by atoms with Gasteiger partial charge in [-0.05, 0) is 60.2 Å². The van der Waals surface area contributed by atoms with Crippen LogP contribution in [0.15, 0.2) is 53.9 Å². The molecule has 1 fully saturated rings. The quantitative estimate of drug-likeness (QED) is 0.239. The molecule has 11 nitrogen and oxygen atoms in total. The van der Waals surface area contributed by atoms with Crippen LogP contribution in [0.3, 0.4) is 0 Å². The Labute approximate surface area is 268 Å². The minimum absolute atomic E-state index is 0.00925. The monoisotopic (exact) mass is 647 g/mol. The van der Waals surface area contributed by atoms with Crippen molar-refractivity contribution in [3.05, 3.63) is 91.6 Å². The molecule has 2 aromatic carbocycles. The molecule has 0 aliphatic carbocycles. The lowest BCUT2D eigenvalue weighted by Crippen LogP contribution is -2.52. The number of piperidine rings is 1. The van der Waals surface area contributed by atoms with E-state index in [2.05, 4.69) is 10.6 Å². The van der Waals surface area contributed by atoms with E-state index in [-0.39, 0.29) is 60.4 Å². The third kappa shape index (κ3) is 6.91. The van der Waals surface area contributed by atoms with Gasteiger partial charge in [-0.1, -0.05) is 29.8 Å². The van der Waals surface area contributed by atoms with Gasteiger partial charge in [0.2, 0.25) is 17.7 Å². The molecule has 5 amide bonds. The summed E-state index contributed by atoms with van der Waals surface area (Å²) in [5.41, 5.74) is 2.06. The van der Waals surface area contributed by atoms with Crippen molar-refractivity contribution < 1.29 is 28.7 Å². The number of nitrogens with one attached hydrogen (secondary N) is 2. The predicted octanol–water partition coefficient (Wildman–Crippen LogP) is 3.57. The number of halogens is 1. The average Bonchev–Trinajstić information content (AvgIpc) is 3.67. The third-order valence-electron chi connectivity index (χ3n) is 7.66. The molecule has 2 atom stereocenters. The second kappa shape index (κ2) is 14.0. The molecular formula is C32H30ClN5O6S. The van der Waals surface area contributed by atoms with Gasteiger partial charge in [-0.2, -0.15) is 5.26 Å². The smallest absolute Gasteiger partial charge is 0.255 e. The molecule has 45 heavy (non-hydrogen) atoms. The second-order valence-corrected chi connectivity index (χ2v) is 11.9. The van der Waals surface area contributed by atoms with Crippen molar-refractivity contribution >= 4 is 52.5 Å². The summed E-state index contributed by atoms with van der Waals surface area (Å²) in [7, 11) is 0. The predicted molar refractivity (Wildman–Crippen MR) is 165 cm³/mol. The highest BCUT2D eigenvalue weighted by molar-refractivity contribution is 7.10. The Morgan fingerprint density at radius 2 is 2.04 bits per heavy atom. The Hall–Kier alpha value is -4.57. The number of hydrogen-bond acceptors (Lipinski definition) is 8. The summed E-state index contributed by atoms with van der Waals surface area (Å²) in [5.74, 6) is -2.08. The normalized spacial score (nSPS) is 16.5. The number of nitrogens with zero attached hydrogens (tertiary/aromatic N) is 3. The van der Waals surface area contributed by atoms with E-state index < -0.39 is 29.8 Å². The summed E-state index contributed by atoms with van der Waals surface area (Å²) in [6.07, 6.45) is 0.389. The lowest BCUT2D eigenvalue weighted by Gasteiger charge is -2.31. The molecule has 2 aliphatic heterocycles. The van der Waals surface area contributed by atoms with E-state index in [1.807, 2.05) is 18.4 Å². The highest BCUT2D eigenvalue weighted by atomic mass is 35.5. The molecule has 5 rings (SSSR count). The van der Waals surface area contributed by atoms with Crippen molar-refractivity contribution in [1.29, 1.82) is 5.26 Å². The molecule has 3 aromatic rings. The van der Waals surface area contributed by atoms with Gasteiger partial charge in [-0.15, -0.1) is 11.3 Å². The van der Waals surface area contributed by atoms with Crippen molar-refractivity contribution in [2.75, 3.05) is 19.8 Å². The average molecular weight is 648 g/mol. The Morgan fingerprint density at radius 1 is 1.22 bits per heavy atom. The van der Waals surface area contributed by atoms with Crippen molar-refractivity contribution in [2.45, 2.75) is 44.9 Å². The van der Waals surface area contributed by atoms with E-state index in [0.717, 1.165) is 0 Å². The maximum atomic E-state index is 14.2. The number of carbonyl (C=O) groups is 5. The first-order valence-electron chi connectivity index (χ1n) is 14.4. The van der Waals surface area contributed by atoms with Gasteiger partial charge in [0.05, 0.1) is 17.2 Å². The van der Waals surface area contributed by atoms with E-state index in [1.165, 1.54) is 39.3 Å². The van der Waals surface area contributed by atoms with Gasteiger partial charge >= 0.3 is 0 Å². The number of carbonyl (C=O) groups excluding carboxylic acids is 5. The molecule has 232 valence electrons. The number of benzene rings is 2. The Kier molecular flexibility index (Phi) is 9.93. The summed E-state index contributed by atoms with van der Waals surface area (Å²) in [5, 5.41) is 16.7. The number of imide groups is 1. The largest absolute Gasteiger partial charge is 0.380 e. The molecule has 1 aromatic heterocycles. The van der Waals surface area contributed by atoms with Crippen LogP contribution in [0.25, 0.3) is 0 Å². The lowest BCUT2D eigenvalue weighted by molar-refractivity contribution is -0.137. The Bertz CT molecular complexity index is 1690. The van der Waals surface area contributed by atoms with Gasteiger partial charge < -0.3 is 19.9 Å². The second-order valence-electron chi connectivity index (χ2n) is 10.5. The number of thiophene rings is 1. The van der Waals surface area contributed by atoms with Crippen LogP contribution >= 0.6 is 22.9 Å². The molecule has 1 saturated heterocycles. The molecule has 0 spiro atoms. The van der Waals surface area contributed by atoms with E-state index >= 15 is 0 Å². The summed E-state index contributed by atoms with van der Waals surface area (Å²) < 4.78 is 5.37. The van der Waals surface area contributed by atoms with Gasteiger partial charge in [-0.25, -0.2) is 0 Å². The van der Waals surface area contributed by atoms with Crippen LogP contribution in [-0.4, -0.2) is 65.1 Å². The van der Waals surface area contributed by atoms with Crippen LogP contribution in [0.4, 0.5) is 0 Å². The third-order valence-corrected chi connectivity index (χ3v) is 8.91. The number of ether oxygens (including phenoxy) is 1. The maximum Gasteiger partial charge on any atom is 0.255 e. The number of rotatable bonds is 11. The SMILES string of the molecule is CCOCCNC(=O)C(c1cccs1)N(Cc1ccc2c(c1)CN(C1CCC(=O)NC1=O)C2=O)C(=O)c1ccc(Cl)c(C#N)c1. The molecule has 2 N–H and O–H groups in total. The van der Waals surface area contributed by atoms with Gasteiger partial charge in [0.15, 0.2) is 0 Å². The molecule has 0 bridgehead atoms. The van der Waals surface area contributed by atoms with E-state index in [1.54, 1.807) is 30.3 Å². The van der Waals surface area contributed by atoms with Crippen LogP contribution in [-0.2, 0) is 32.2 Å². The van der Waals surface area contributed by atoms with Crippen molar-refractivity contribution in [1.82, 2.24) is 20.4 Å². The van der Waals surface area contributed by atoms with Crippen molar-refractivity contribution in [2.24, 2.45) is 0 Å². The lowest BCUT2D eigenvalue weighted by atomic mass is 10.0. The van der Waals surface area contributed by atoms with E-state index in [0.29, 0.717) is 34.8 Å². The van der Waals surface area contributed by atoms with Crippen LogP contribution < -0.4 is 10.6 Å². The van der Waals surface area contributed by atoms with Gasteiger partial charge in [0, 0.05) is 48.7 Å². The van der Waals surface area contributed by atoms with Gasteiger partial charge in [-0.3, -0.25) is 29.3 Å². The first-order chi connectivity index (χ1) is 21.7. The number of nitriles is 1. The molecule has 2 aliphatic rings. The van der Waals surface area contributed by atoms with Crippen molar-refractivity contribution in [3.63, 3.8) is 0 Å². The molecule has 0 saturated carbocycles. The first kappa shape index (κ1) is 31.8. The molecule has 3 heterocycles. The molecule has 2 unspecified atom stereocenters. The van der Waals surface area contributed by atoms with E-state index in [9.17, 15) is 29.2 Å². The van der Waals surface area contributed by atoms with E-state index in [4.69, 9.17) is 16.3 Å². The molecule has 0 radical (unpaired) electrons. The fourth-order valence-corrected chi connectivity index (χ4v) is 6.47. The zero-order valence-corrected chi connectivity index (χ0v) is 26.0. The van der Waals surface area contributed by atoms with Crippen LogP contribution in [0, 0.1) is 11.3 Å². The fourth-order valence-electron chi connectivity index (χ4n) is 5.47. The highest BCUT2D eigenvalue weighted by Crippen LogP contribution is 2.32. The Balaban J connectivity index is 1.48. The molecular weight excluding hydrogens is 618 g/mol. The topological polar surface area (TPSA) is 149 Å². The minimum Gasteiger partial charge on any atom is -0.380 e. The maximum absolute atomic E-state index is 14.2. The minimum atomic E-state index is -1.02. The van der Waals surface area contributed by atoms with Crippen LogP contribution in [0.2, 0.25) is 5.02 Å².